The molecule has 0 atom stereocenters. The summed E-state index contributed by atoms with van der Waals surface area (Å²) in [4.78, 5) is 8.35. The van der Waals surface area contributed by atoms with Crippen LogP contribution >= 0.6 is 0 Å². The molecule has 0 unspecified atom stereocenters. The van der Waals surface area contributed by atoms with Crippen LogP contribution in [0.1, 0.15) is 51.4 Å². The molecule has 0 aliphatic heterocycles. The van der Waals surface area contributed by atoms with Gasteiger partial charge in [0.1, 0.15) is 0 Å². The molecule has 0 heterocycles. The van der Waals surface area contributed by atoms with E-state index in [1.165, 1.54) is 51.4 Å². The molecule has 0 aromatic heterocycles. The molecule has 1 rings (SSSR count). The predicted molar refractivity (Wildman–Crippen MR) is 45.3 cm³/mol. The molecular formula is C9H17NO. The topological polar surface area (TPSA) is 40.9 Å². The van der Waals surface area contributed by atoms with Gasteiger partial charge in [0.15, 0.2) is 0 Å². The third kappa shape index (κ3) is 9.38. The Morgan fingerprint density at radius 1 is 0.727 bits per heavy atom. The molecule has 0 bridgehead atoms. The van der Waals surface area contributed by atoms with Crippen molar-refractivity contribution in [2.24, 2.45) is 0 Å². The van der Waals surface area contributed by atoms with Gasteiger partial charge in [0, 0.05) is 0 Å². The molecule has 64 valence electrons. The summed E-state index contributed by atoms with van der Waals surface area (Å²) in [6.45, 7) is 0. The molecule has 2 nitrogen and oxygen atoms in total. The number of nitrogens with one attached hydrogen (secondary N) is 1. The summed E-state index contributed by atoms with van der Waals surface area (Å²) in [5.74, 6) is 0. The Balaban J connectivity index is 0.000000292. The molecule has 0 amide bonds. The maximum absolute atomic E-state index is 8.35. The summed E-state index contributed by atoms with van der Waals surface area (Å²) >= 11 is 0. The van der Waals surface area contributed by atoms with E-state index in [1.807, 2.05) is 0 Å². The van der Waals surface area contributed by atoms with Gasteiger partial charge in [-0.2, -0.15) is 0 Å². The van der Waals surface area contributed by atoms with Gasteiger partial charge >= 0.3 is 0 Å². The Morgan fingerprint density at radius 2 is 0.818 bits per heavy atom. The first kappa shape index (κ1) is 10.4. The van der Waals surface area contributed by atoms with Crippen LogP contribution in [0.3, 0.4) is 0 Å². The molecule has 0 saturated heterocycles. The average Bonchev–Trinajstić information content (AvgIpc) is 1.86. The van der Waals surface area contributed by atoms with Crippen LogP contribution in [0.5, 0.6) is 0 Å². The first-order chi connectivity index (χ1) is 5.41. The van der Waals surface area contributed by atoms with Crippen molar-refractivity contribution in [3.8, 4) is 0 Å². The number of rotatable bonds is 0. The van der Waals surface area contributed by atoms with Gasteiger partial charge in [-0.15, -0.1) is 0 Å². The Labute approximate surface area is 68.5 Å². The van der Waals surface area contributed by atoms with Crippen LogP contribution in [-0.4, -0.2) is 6.08 Å². The minimum absolute atomic E-state index is 0.750. The molecule has 11 heavy (non-hydrogen) atoms. The Morgan fingerprint density at radius 3 is 0.909 bits per heavy atom. The van der Waals surface area contributed by atoms with Crippen molar-refractivity contribution in [3.63, 3.8) is 0 Å². The van der Waals surface area contributed by atoms with Gasteiger partial charge in [-0.05, 0) is 0 Å². The molecule has 2 heteroatoms. The molecule has 1 saturated carbocycles. The Kier molecular flexibility index (Phi) is 8.85. The normalized spacial score (nSPS) is 18.2. The summed E-state index contributed by atoms with van der Waals surface area (Å²) in [5, 5.41) is 5.40. The summed E-state index contributed by atoms with van der Waals surface area (Å²) in [6, 6.07) is 0. The van der Waals surface area contributed by atoms with E-state index >= 15 is 0 Å². The molecule has 0 radical (unpaired) electrons. The Bertz CT molecular complexity index is 82.1. The Hall–Kier alpha value is -0.620. The summed E-state index contributed by atoms with van der Waals surface area (Å²) in [7, 11) is 0. The van der Waals surface area contributed by atoms with Crippen molar-refractivity contribution in [2.75, 3.05) is 0 Å². The van der Waals surface area contributed by atoms with Crippen molar-refractivity contribution in [1.82, 2.24) is 0 Å². The number of carbonyl (C=O) groups excluding carboxylic acids is 1. The maximum Gasteiger partial charge on any atom is 0.231 e. The second-order valence-corrected chi connectivity index (χ2v) is 2.93. The molecule has 1 aliphatic rings. The van der Waals surface area contributed by atoms with Gasteiger partial charge < -0.3 is 0 Å². The molecule has 1 fully saturated rings. The minimum atomic E-state index is 0.750. The smallest absolute Gasteiger partial charge is 0.222 e. The molecule has 0 aromatic carbocycles. The lowest BCUT2D eigenvalue weighted by Gasteiger charge is -2.05. The zero-order valence-corrected chi connectivity index (χ0v) is 7.07. The molecule has 1 aliphatic carbocycles. The van der Waals surface area contributed by atoms with Crippen molar-refractivity contribution < 1.29 is 4.79 Å². The lowest BCUT2D eigenvalue weighted by atomic mass is 10.0. The fourth-order valence-electron chi connectivity index (χ4n) is 1.41. The van der Waals surface area contributed by atoms with Gasteiger partial charge in [-0.25, -0.2) is 10.2 Å². The lowest BCUT2D eigenvalue weighted by Crippen LogP contribution is -1.85. The average molecular weight is 155 g/mol. The van der Waals surface area contributed by atoms with Crippen LogP contribution in [0.15, 0.2) is 0 Å². The van der Waals surface area contributed by atoms with Gasteiger partial charge in [0.25, 0.3) is 0 Å². The zero-order chi connectivity index (χ0) is 8.36. The highest BCUT2D eigenvalue weighted by Crippen LogP contribution is 2.15. The van der Waals surface area contributed by atoms with Crippen molar-refractivity contribution in [1.29, 1.82) is 5.41 Å². The fraction of sp³-hybridized carbons (Fsp3) is 0.889. The molecular weight excluding hydrogens is 138 g/mol. The van der Waals surface area contributed by atoms with Crippen LogP contribution in [-0.2, 0) is 4.79 Å². The monoisotopic (exact) mass is 155 g/mol. The fourth-order valence-corrected chi connectivity index (χ4v) is 1.41. The van der Waals surface area contributed by atoms with Crippen molar-refractivity contribution >= 4 is 6.08 Å². The summed E-state index contributed by atoms with van der Waals surface area (Å²) < 4.78 is 0. The quantitative estimate of drug-likeness (QED) is 0.424. The first-order valence-corrected chi connectivity index (χ1v) is 4.45. The van der Waals surface area contributed by atoms with Crippen LogP contribution in [0, 0.1) is 5.41 Å². The third-order valence-electron chi connectivity index (χ3n) is 2.00. The van der Waals surface area contributed by atoms with E-state index in [2.05, 4.69) is 0 Å². The van der Waals surface area contributed by atoms with Crippen molar-refractivity contribution in [2.45, 2.75) is 51.4 Å². The SMILES string of the molecule is C1CCCCCCC1.N=C=O. The molecule has 0 aromatic rings. The molecule has 1 N–H and O–H groups in total. The van der Waals surface area contributed by atoms with Gasteiger partial charge in [0.05, 0.1) is 0 Å². The van der Waals surface area contributed by atoms with Gasteiger partial charge in [0.2, 0.25) is 6.08 Å². The minimum Gasteiger partial charge on any atom is -0.222 e. The molecule has 0 spiro atoms. The number of isocyanates is 1. The van der Waals surface area contributed by atoms with Crippen molar-refractivity contribution in [3.05, 3.63) is 0 Å². The van der Waals surface area contributed by atoms with Crippen LogP contribution in [0.4, 0.5) is 0 Å². The highest BCUT2D eigenvalue weighted by molar-refractivity contribution is 5.26. The highest BCUT2D eigenvalue weighted by atomic mass is 16.1. The van der Waals surface area contributed by atoms with Gasteiger partial charge in [-0.1, -0.05) is 51.4 Å². The standard InChI is InChI=1S/C8H16.CHNO/c1-2-4-6-8-7-5-3-1;2-1-3/h1-8H2;2H. The van der Waals surface area contributed by atoms with E-state index < -0.39 is 0 Å². The summed E-state index contributed by atoms with van der Waals surface area (Å²) in [5.41, 5.74) is 0. The van der Waals surface area contributed by atoms with E-state index in [1.54, 1.807) is 0 Å². The van der Waals surface area contributed by atoms with Crippen LogP contribution < -0.4 is 0 Å². The predicted octanol–water partition coefficient (Wildman–Crippen LogP) is 3.02. The summed E-state index contributed by atoms with van der Waals surface area (Å²) in [6.07, 6.45) is 12.8. The highest BCUT2D eigenvalue weighted by Gasteiger charge is 1.95. The number of hydrogen-bond acceptors (Lipinski definition) is 2. The maximum atomic E-state index is 8.35. The van der Waals surface area contributed by atoms with Crippen LogP contribution in [0.25, 0.3) is 0 Å². The van der Waals surface area contributed by atoms with E-state index in [0.717, 1.165) is 6.08 Å². The van der Waals surface area contributed by atoms with Crippen LogP contribution in [0.2, 0.25) is 0 Å². The zero-order valence-electron chi connectivity index (χ0n) is 7.07. The first-order valence-electron chi connectivity index (χ1n) is 4.45. The van der Waals surface area contributed by atoms with E-state index in [9.17, 15) is 0 Å². The second-order valence-electron chi connectivity index (χ2n) is 2.93. The second kappa shape index (κ2) is 9.38. The van der Waals surface area contributed by atoms with E-state index in [4.69, 9.17) is 10.2 Å². The van der Waals surface area contributed by atoms with Gasteiger partial charge in [-0.3, -0.25) is 0 Å². The third-order valence-corrected chi connectivity index (χ3v) is 2.00. The lowest BCUT2D eigenvalue weighted by molar-refractivity contribution is 0.504. The largest absolute Gasteiger partial charge is 0.231 e. The van der Waals surface area contributed by atoms with E-state index in [-0.39, 0.29) is 0 Å². The van der Waals surface area contributed by atoms with E-state index in [0.29, 0.717) is 0 Å². The number of hydrogen-bond donors (Lipinski definition) is 1.